The molecule has 0 aliphatic rings. The zero-order valence-corrected chi connectivity index (χ0v) is 12.4. The predicted octanol–water partition coefficient (Wildman–Crippen LogP) is 3.60. The number of pyridine rings is 1. The van der Waals surface area contributed by atoms with Crippen molar-refractivity contribution in [2.75, 3.05) is 5.32 Å². The second-order valence-electron chi connectivity index (χ2n) is 4.51. The van der Waals surface area contributed by atoms with Crippen molar-refractivity contribution < 1.29 is 9.72 Å². The van der Waals surface area contributed by atoms with Gasteiger partial charge >= 0.3 is 0 Å². The summed E-state index contributed by atoms with van der Waals surface area (Å²) >= 11 is 5.72. The second-order valence-corrected chi connectivity index (χ2v) is 4.92. The number of amides is 1. The van der Waals surface area contributed by atoms with Crippen LogP contribution in [0.15, 0.2) is 42.6 Å². The van der Waals surface area contributed by atoms with Gasteiger partial charge in [-0.2, -0.15) is 0 Å². The molecule has 7 heteroatoms. The number of nitrogens with one attached hydrogen (secondary N) is 1. The summed E-state index contributed by atoms with van der Waals surface area (Å²) < 4.78 is 0. The Morgan fingerprint density at radius 2 is 2.14 bits per heavy atom. The lowest BCUT2D eigenvalue weighted by Gasteiger charge is -2.01. The van der Waals surface area contributed by atoms with Crippen LogP contribution in [-0.4, -0.2) is 15.8 Å². The van der Waals surface area contributed by atoms with Gasteiger partial charge in [0.2, 0.25) is 5.91 Å². The number of carbonyl (C=O) groups is 1. The quantitative estimate of drug-likeness (QED) is 0.530. The molecule has 1 heterocycles. The fourth-order valence-corrected chi connectivity index (χ4v) is 1.84. The summed E-state index contributed by atoms with van der Waals surface area (Å²) in [6, 6.07) is 7.82. The van der Waals surface area contributed by atoms with Gasteiger partial charge in [0, 0.05) is 18.3 Å². The number of benzene rings is 1. The maximum Gasteiger partial charge on any atom is 0.288 e. The second kappa shape index (κ2) is 6.82. The normalized spacial score (nSPS) is 10.6. The first-order chi connectivity index (χ1) is 10.5. The number of hydrogen-bond donors (Lipinski definition) is 1. The molecule has 0 radical (unpaired) electrons. The van der Waals surface area contributed by atoms with Crippen molar-refractivity contribution in [2.45, 2.75) is 6.92 Å². The van der Waals surface area contributed by atoms with E-state index < -0.39 is 4.92 Å². The van der Waals surface area contributed by atoms with E-state index in [4.69, 9.17) is 11.6 Å². The fourth-order valence-electron chi connectivity index (χ4n) is 1.65. The zero-order chi connectivity index (χ0) is 16.1. The molecule has 0 bridgehead atoms. The summed E-state index contributed by atoms with van der Waals surface area (Å²) in [6.07, 6.45) is 4.38. The van der Waals surface area contributed by atoms with E-state index in [1.165, 1.54) is 24.3 Å². The number of hydrogen-bond acceptors (Lipinski definition) is 4. The van der Waals surface area contributed by atoms with E-state index in [0.29, 0.717) is 11.4 Å². The number of anilines is 1. The molecule has 0 saturated heterocycles. The molecule has 2 aromatic rings. The standard InChI is InChI=1S/C15H12ClN3O3/c1-10-2-6-14(17-9-10)18-15(20)7-4-11-3-5-12(16)13(8-11)19(21)22/h2-9H,1H3,(H,17,18,20)/b7-4+. The summed E-state index contributed by atoms with van der Waals surface area (Å²) in [5.41, 5.74) is 1.29. The van der Waals surface area contributed by atoms with Gasteiger partial charge in [-0.3, -0.25) is 14.9 Å². The van der Waals surface area contributed by atoms with Crippen LogP contribution in [0.3, 0.4) is 0 Å². The highest BCUT2D eigenvalue weighted by molar-refractivity contribution is 6.32. The van der Waals surface area contributed by atoms with Crippen molar-refractivity contribution in [2.24, 2.45) is 0 Å². The molecule has 6 nitrogen and oxygen atoms in total. The Kier molecular flexibility index (Phi) is 4.85. The lowest BCUT2D eigenvalue weighted by atomic mass is 10.2. The maximum absolute atomic E-state index is 11.8. The number of carbonyl (C=O) groups excluding carboxylic acids is 1. The average molecular weight is 318 g/mol. The van der Waals surface area contributed by atoms with Crippen LogP contribution in [0.4, 0.5) is 11.5 Å². The topological polar surface area (TPSA) is 85.1 Å². The van der Waals surface area contributed by atoms with Crippen LogP contribution in [0, 0.1) is 17.0 Å². The zero-order valence-electron chi connectivity index (χ0n) is 11.6. The van der Waals surface area contributed by atoms with Gasteiger partial charge in [-0.25, -0.2) is 4.98 Å². The molecule has 1 N–H and O–H groups in total. The highest BCUT2D eigenvalue weighted by Crippen LogP contribution is 2.25. The number of nitro benzene ring substituents is 1. The first-order valence-electron chi connectivity index (χ1n) is 6.31. The van der Waals surface area contributed by atoms with E-state index in [0.717, 1.165) is 5.56 Å². The van der Waals surface area contributed by atoms with Crippen molar-refractivity contribution in [3.63, 3.8) is 0 Å². The molecule has 22 heavy (non-hydrogen) atoms. The van der Waals surface area contributed by atoms with Crippen molar-refractivity contribution >= 4 is 35.1 Å². The summed E-state index contributed by atoms with van der Waals surface area (Å²) in [5, 5.41) is 13.4. The van der Waals surface area contributed by atoms with Gasteiger partial charge in [0.25, 0.3) is 5.69 Å². The molecule has 112 valence electrons. The van der Waals surface area contributed by atoms with Gasteiger partial charge in [-0.1, -0.05) is 23.7 Å². The molecule has 0 fully saturated rings. The first kappa shape index (κ1) is 15.7. The summed E-state index contributed by atoms with van der Waals surface area (Å²) in [6.45, 7) is 1.89. The van der Waals surface area contributed by atoms with Crippen LogP contribution in [0.2, 0.25) is 5.02 Å². The first-order valence-corrected chi connectivity index (χ1v) is 6.69. The van der Waals surface area contributed by atoms with Crippen molar-refractivity contribution in [3.8, 4) is 0 Å². The molecule has 0 aliphatic heterocycles. The number of aryl methyl sites for hydroxylation is 1. The fraction of sp³-hybridized carbons (Fsp3) is 0.0667. The molecule has 1 amide bonds. The van der Waals surface area contributed by atoms with Gasteiger partial charge in [0.05, 0.1) is 4.92 Å². The van der Waals surface area contributed by atoms with E-state index in [2.05, 4.69) is 10.3 Å². The van der Waals surface area contributed by atoms with E-state index in [1.54, 1.807) is 18.3 Å². The molecule has 0 atom stereocenters. The minimum atomic E-state index is -0.573. The number of nitro groups is 1. The van der Waals surface area contributed by atoms with E-state index in [-0.39, 0.29) is 16.6 Å². The Hall–Kier alpha value is -2.73. The third kappa shape index (κ3) is 4.13. The van der Waals surface area contributed by atoms with Gasteiger partial charge in [-0.05, 0) is 36.3 Å². The number of nitrogens with zero attached hydrogens (tertiary/aromatic N) is 2. The smallest absolute Gasteiger partial charge is 0.288 e. The van der Waals surface area contributed by atoms with Crippen LogP contribution in [0.5, 0.6) is 0 Å². The third-order valence-electron chi connectivity index (χ3n) is 2.76. The number of rotatable bonds is 4. The Labute approximate surface area is 131 Å². The highest BCUT2D eigenvalue weighted by Gasteiger charge is 2.11. The van der Waals surface area contributed by atoms with Crippen LogP contribution in [-0.2, 0) is 4.79 Å². The summed E-state index contributed by atoms with van der Waals surface area (Å²) in [4.78, 5) is 26.0. The SMILES string of the molecule is Cc1ccc(NC(=O)/C=C/c2ccc(Cl)c([N+](=O)[O-])c2)nc1. The Balaban J connectivity index is 2.08. The van der Waals surface area contributed by atoms with Crippen molar-refractivity contribution in [1.82, 2.24) is 4.98 Å². The molecule has 2 rings (SSSR count). The molecule has 1 aromatic heterocycles. The van der Waals surface area contributed by atoms with E-state index >= 15 is 0 Å². The third-order valence-corrected chi connectivity index (χ3v) is 3.08. The Morgan fingerprint density at radius 1 is 1.36 bits per heavy atom. The molecule has 0 unspecified atom stereocenters. The van der Waals surface area contributed by atoms with Crippen molar-refractivity contribution in [1.29, 1.82) is 0 Å². The Bertz CT molecular complexity index is 742. The maximum atomic E-state index is 11.8. The summed E-state index contributed by atoms with van der Waals surface area (Å²) in [5.74, 6) is 0.0521. The predicted molar refractivity (Wildman–Crippen MR) is 84.7 cm³/mol. The van der Waals surface area contributed by atoms with E-state index in [1.807, 2.05) is 13.0 Å². The highest BCUT2D eigenvalue weighted by atomic mass is 35.5. The number of halogens is 1. The monoisotopic (exact) mass is 317 g/mol. The van der Waals surface area contributed by atoms with E-state index in [9.17, 15) is 14.9 Å². The van der Waals surface area contributed by atoms with Gasteiger partial charge in [-0.15, -0.1) is 0 Å². The van der Waals surface area contributed by atoms with Crippen LogP contribution < -0.4 is 5.32 Å². The van der Waals surface area contributed by atoms with Crippen LogP contribution in [0.25, 0.3) is 6.08 Å². The average Bonchev–Trinajstić information content (AvgIpc) is 2.48. The largest absolute Gasteiger partial charge is 0.307 e. The minimum Gasteiger partial charge on any atom is -0.307 e. The lowest BCUT2D eigenvalue weighted by molar-refractivity contribution is -0.384. The van der Waals surface area contributed by atoms with Crippen molar-refractivity contribution in [3.05, 3.63) is 68.9 Å². The molecular formula is C15H12ClN3O3. The minimum absolute atomic E-state index is 0.0513. The molecule has 0 spiro atoms. The summed E-state index contributed by atoms with van der Waals surface area (Å²) in [7, 11) is 0. The van der Waals surface area contributed by atoms with Gasteiger partial charge < -0.3 is 5.32 Å². The molecular weight excluding hydrogens is 306 g/mol. The van der Waals surface area contributed by atoms with Gasteiger partial charge in [0.1, 0.15) is 10.8 Å². The Morgan fingerprint density at radius 3 is 2.77 bits per heavy atom. The molecule has 1 aromatic carbocycles. The number of aromatic nitrogens is 1. The lowest BCUT2D eigenvalue weighted by Crippen LogP contribution is -2.08. The van der Waals surface area contributed by atoms with Crippen LogP contribution in [0.1, 0.15) is 11.1 Å². The molecule has 0 aliphatic carbocycles. The van der Waals surface area contributed by atoms with Gasteiger partial charge in [0.15, 0.2) is 0 Å². The molecule has 0 saturated carbocycles. The van der Waals surface area contributed by atoms with Crippen LogP contribution >= 0.6 is 11.6 Å².